The molecule has 0 saturated carbocycles. The average molecular weight is 335 g/mol. The van der Waals surface area contributed by atoms with Crippen molar-refractivity contribution in [3.63, 3.8) is 0 Å². The summed E-state index contributed by atoms with van der Waals surface area (Å²) in [6, 6.07) is 20.0. The Morgan fingerprint density at radius 2 is 1.52 bits per heavy atom. The minimum atomic E-state index is 0.0578. The zero-order chi connectivity index (χ0) is 18.2. The van der Waals surface area contributed by atoms with E-state index in [9.17, 15) is 4.79 Å². The fourth-order valence-electron chi connectivity index (χ4n) is 3.21. The van der Waals surface area contributed by atoms with Crippen LogP contribution in [0.15, 0.2) is 72.4 Å². The summed E-state index contributed by atoms with van der Waals surface area (Å²) in [5.41, 5.74) is 2.98. The fourth-order valence-corrected chi connectivity index (χ4v) is 3.21. The van der Waals surface area contributed by atoms with Crippen LogP contribution in [0.2, 0.25) is 0 Å². The SMILES string of the molecule is CC[C@H](/C(=C/C(=O)c1ccccc1)N[C@H](C)c1ccccc1)C(C)C. The highest BCUT2D eigenvalue weighted by molar-refractivity contribution is 6.04. The van der Waals surface area contributed by atoms with Crippen LogP contribution in [0.4, 0.5) is 0 Å². The monoisotopic (exact) mass is 335 g/mol. The fraction of sp³-hybridized carbons (Fsp3) is 0.348. The van der Waals surface area contributed by atoms with Crippen molar-refractivity contribution >= 4 is 5.78 Å². The summed E-state index contributed by atoms with van der Waals surface area (Å²) in [5, 5.41) is 3.61. The third-order valence-electron chi connectivity index (χ3n) is 4.67. The van der Waals surface area contributed by atoms with Crippen LogP contribution in [0.5, 0.6) is 0 Å². The largest absolute Gasteiger partial charge is 0.381 e. The van der Waals surface area contributed by atoms with Gasteiger partial charge in [0.25, 0.3) is 0 Å². The molecular weight excluding hydrogens is 306 g/mol. The predicted octanol–water partition coefficient (Wildman–Crippen LogP) is 5.79. The molecule has 0 amide bonds. The number of carbonyl (C=O) groups excluding carboxylic acids is 1. The van der Waals surface area contributed by atoms with E-state index in [0.29, 0.717) is 11.8 Å². The topological polar surface area (TPSA) is 29.1 Å². The third-order valence-corrected chi connectivity index (χ3v) is 4.67. The van der Waals surface area contributed by atoms with Gasteiger partial charge in [0.15, 0.2) is 5.78 Å². The maximum atomic E-state index is 12.7. The van der Waals surface area contributed by atoms with Crippen LogP contribution in [-0.2, 0) is 0 Å². The van der Waals surface area contributed by atoms with Crippen molar-refractivity contribution in [3.8, 4) is 0 Å². The number of ketones is 1. The lowest BCUT2D eigenvalue weighted by molar-refractivity contribution is 0.104. The van der Waals surface area contributed by atoms with Crippen LogP contribution < -0.4 is 5.32 Å². The van der Waals surface area contributed by atoms with Crippen LogP contribution in [0.1, 0.15) is 56.1 Å². The van der Waals surface area contributed by atoms with E-state index in [2.05, 4.69) is 45.1 Å². The summed E-state index contributed by atoms with van der Waals surface area (Å²) in [7, 11) is 0. The minimum absolute atomic E-state index is 0.0578. The summed E-state index contributed by atoms with van der Waals surface area (Å²) in [5.74, 6) is 0.858. The highest BCUT2D eigenvalue weighted by atomic mass is 16.1. The average Bonchev–Trinajstić information content (AvgIpc) is 2.63. The molecule has 0 fully saturated rings. The Labute approximate surface area is 152 Å². The van der Waals surface area contributed by atoms with Crippen LogP contribution in [-0.4, -0.2) is 5.78 Å². The van der Waals surface area contributed by atoms with Crippen molar-refractivity contribution in [1.29, 1.82) is 0 Å². The van der Waals surface area contributed by atoms with Crippen molar-refractivity contribution in [2.75, 3.05) is 0 Å². The van der Waals surface area contributed by atoms with Gasteiger partial charge in [0.2, 0.25) is 0 Å². The van der Waals surface area contributed by atoms with Crippen LogP contribution in [0.25, 0.3) is 0 Å². The number of nitrogens with one attached hydrogen (secondary N) is 1. The van der Waals surface area contributed by atoms with E-state index in [1.165, 1.54) is 5.56 Å². The first-order chi connectivity index (χ1) is 12.0. The van der Waals surface area contributed by atoms with Gasteiger partial charge < -0.3 is 5.32 Å². The molecule has 2 rings (SSSR count). The number of allylic oxidation sites excluding steroid dienone is 2. The van der Waals surface area contributed by atoms with Gasteiger partial charge in [0.1, 0.15) is 0 Å². The molecule has 0 radical (unpaired) electrons. The first kappa shape index (κ1) is 19.0. The van der Waals surface area contributed by atoms with Crippen molar-refractivity contribution < 1.29 is 4.79 Å². The van der Waals surface area contributed by atoms with Crippen LogP contribution in [0.3, 0.4) is 0 Å². The Hall–Kier alpha value is -2.35. The number of rotatable bonds is 8. The zero-order valence-corrected chi connectivity index (χ0v) is 15.7. The van der Waals surface area contributed by atoms with E-state index in [1.807, 2.05) is 48.5 Å². The van der Waals surface area contributed by atoms with Crippen molar-refractivity contribution in [1.82, 2.24) is 5.32 Å². The predicted molar refractivity (Wildman–Crippen MR) is 105 cm³/mol. The lowest BCUT2D eigenvalue weighted by Crippen LogP contribution is -2.27. The van der Waals surface area contributed by atoms with E-state index in [0.717, 1.165) is 17.7 Å². The molecule has 0 aliphatic rings. The van der Waals surface area contributed by atoms with E-state index >= 15 is 0 Å². The first-order valence-corrected chi connectivity index (χ1v) is 9.15. The maximum Gasteiger partial charge on any atom is 0.187 e. The van der Waals surface area contributed by atoms with E-state index in [-0.39, 0.29) is 11.8 Å². The lowest BCUT2D eigenvalue weighted by Gasteiger charge is -2.27. The summed E-state index contributed by atoms with van der Waals surface area (Å²) < 4.78 is 0. The number of hydrogen-bond acceptors (Lipinski definition) is 2. The molecule has 0 bridgehead atoms. The van der Waals surface area contributed by atoms with Gasteiger partial charge in [0.05, 0.1) is 0 Å². The van der Waals surface area contributed by atoms with Gasteiger partial charge in [-0.3, -0.25) is 4.79 Å². The molecule has 0 aliphatic heterocycles. The van der Waals surface area contributed by atoms with Crippen molar-refractivity contribution in [2.24, 2.45) is 11.8 Å². The van der Waals surface area contributed by atoms with E-state index in [4.69, 9.17) is 0 Å². The maximum absolute atomic E-state index is 12.7. The highest BCUT2D eigenvalue weighted by Gasteiger charge is 2.20. The molecule has 132 valence electrons. The standard InChI is InChI=1S/C23H29NO/c1-5-21(17(2)3)22(16-23(25)20-14-10-7-11-15-20)24-18(4)19-12-8-6-9-13-19/h6-18,21,24H,5H2,1-4H3/b22-16-/t18-,21+/m1/s1. The van der Waals surface area contributed by atoms with E-state index in [1.54, 1.807) is 6.08 Å². The van der Waals surface area contributed by atoms with Crippen LogP contribution in [0, 0.1) is 11.8 Å². The van der Waals surface area contributed by atoms with Gasteiger partial charge in [-0.25, -0.2) is 0 Å². The number of benzene rings is 2. The molecule has 2 heteroatoms. The first-order valence-electron chi connectivity index (χ1n) is 9.15. The Bertz CT molecular complexity index is 689. The summed E-state index contributed by atoms with van der Waals surface area (Å²) in [4.78, 5) is 12.7. The second-order valence-electron chi connectivity index (χ2n) is 6.87. The Morgan fingerprint density at radius 1 is 0.960 bits per heavy atom. The molecule has 1 N–H and O–H groups in total. The molecule has 2 aromatic rings. The summed E-state index contributed by atoms with van der Waals surface area (Å²) in [6.45, 7) is 8.75. The second kappa shape index (κ2) is 9.22. The second-order valence-corrected chi connectivity index (χ2v) is 6.87. The Morgan fingerprint density at radius 3 is 2.04 bits per heavy atom. The Balaban J connectivity index is 2.29. The molecule has 0 saturated heterocycles. The zero-order valence-electron chi connectivity index (χ0n) is 15.7. The van der Waals surface area contributed by atoms with Gasteiger partial charge in [-0.2, -0.15) is 0 Å². The van der Waals surface area contributed by atoms with Crippen LogP contribution >= 0.6 is 0 Å². The molecule has 2 atom stereocenters. The van der Waals surface area contributed by atoms with Gasteiger partial charge in [-0.15, -0.1) is 0 Å². The molecule has 0 aromatic heterocycles. The molecule has 25 heavy (non-hydrogen) atoms. The minimum Gasteiger partial charge on any atom is -0.381 e. The normalized spacial score (nSPS) is 14.2. The van der Waals surface area contributed by atoms with Gasteiger partial charge >= 0.3 is 0 Å². The molecule has 2 aromatic carbocycles. The molecule has 0 unspecified atom stereocenters. The molecule has 0 spiro atoms. The van der Waals surface area contributed by atoms with Gasteiger partial charge in [0, 0.05) is 29.3 Å². The third kappa shape index (κ3) is 5.32. The molecule has 2 nitrogen and oxygen atoms in total. The smallest absolute Gasteiger partial charge is 0.187 e. The quantitative estimate of drug-likeness (QED) is 0.489. The highest BCUT2D eigenvalue weighted by Crippen LogP contribution is 2.25. The lowest BCUT2D eigenvalue weighted by atomic mass is 9.88. The van der Waals surface area contributed by atoms with Crippen molar-refractivity contribution in [2.45, 2.75) is 40.2 Å². The van der Waals surface area contributed by atoms with E-state index < -0.39 is 0 Å². The Kier molecular flexibility index (Phi) is 7.00. The van der Waals surface area contributed by atoms with Gasteiger partial charge in [-0.05, 0) is 24.8 Å². The van der Waals surface area contributed by atoms with Gasteiger partial charge in [-0.1, -0.05) is 81.4 Å². The summed E-state index contributed by atoms with van der Waals surface area (Å²) in [6.07, 6.45) is 2.79. The summed E-state index contributed by atoms with van der Waals surface area (Å²) >= 11 is 0. The number of carbonyl (C=O) groups is 1. The number of hydrogen-bond donors (Lipinski definition) is 1. The molecule has 0 aliphatic carbocycles. The molecule has 0 heterocycles. The van der Waals surface area contributed by atoms with Crippen molar-refractivity contribution in [3.05, 3.63) is 83.6 Å². The molecular formula is C23H29NO.